The molecule has 0 bridgehead atoms. The van der Waals surface area contributed by atoms with Gasteiger partial charge in [-0.25, -0.2) is 4.98 Å². The lowest BCUT2D eigenvalue weighted by molar-refractivity contribution is -0.274. The molecule has 1 aromatic carbocycles. The van der Waals surface area contributed by atoms with E-state index in [2.05, 4.69) is 14.9 Å². The summed E-state index contributed by atoms with van der Waals surface area (Å²) in [5.74, 6) is -3.31. The molecule has 0 spiro atoms. The Balaban J connectivity index is 1.97. The predicted octanol–water partition coefficient (Wildman–Crippen LogP) is 2.31. The minimum Gasteiger partial charge on any atom is -0.505 e. The van der Waals surface area contributed by atoms with Crippen LogP contribution in [0.3, 0.4) is 0 Å². The lowest BCUT2D eigenvalue weighted by Gasteiger charge is -2.09. The number of benzene rings is 1. The lowest BCUT2D eigenvalue weighted by Crippen LogP contribution is -2.29. The van der Waals surface area contributed by atoms with Crippen molar-refractivity contribution in [3.63, 3.8) is 0 Å². The molecule has 0 aliphatic carbocycles. The molecule has 0 aliphatic heterocycles. The SMILES string of the molecule is O=C(O)CNC(=O)c1ncc2onc(-c3ccc(OC(F)(F)F)cc3)c2c1O. The molecule has 28 heavy (non-hydrogen) atoms. The number of carbonyl (C=O) groups excluding carboxylic acids is 1. The van der Waals surface area contributed by atoms with Crippen LogP contribution < -0.4 is 10.1 Å². The van der Waals surface area contributed by atoms with Crippen LogP contribution in [0.4, 0.5) is 13.2 Å². The summed E-state index contributed by atoms with van der Waals surface area (Å²) in [5.41, 5.74) is -0.138. The molecule has 0 fully saturated rings. The van der Waals surface area contributed by atoms with Gasteiger partial charge in [0, 0.05) is 5.56 Å². The summed E-state index contributed by atoms with van der Waals surface area (Å²) in [5, 5.41) is 24.8. The van der Waals surface area contributed by atoms with Crippen molar-refractivity contribution < 1.29 is 42.2 Å². The number of ether oxygens (including phenoxy) is 1. The molecule has 9 nitrogen and oxygen atoms in total. The third-order valence-corrected chi connectivity index (χ3v) is 3.47. The van der Waals surface area contributed by atoms with Crippen molar-refractivity contribution >= 4 is 22.8 Å². The van der Waals surface area contributed by atoms with Gasteiger partial charge in [0.15, 0.2) is 17.0 Å². The van der Waals surface area contributed by atoms with Crippen molar-refractivity contribution in [1.82, 2.24) is 15.5 Å². The third-order valence-electron chi connectivity index (χ3n) is 3.47. The Morgan fingerprint density at radius 2 is 1.89 bits per heavy atom. The summed E-state index contributed by atoms with van der Waals surface area (Å²) in [6.07, 6.45) is -3.74. The van der Waals surface area contributed by atoms with Gasteiger partial charge in [0.25, 0.3) is 5.91 Å². The molecule has 0 radical (unpaired) electrons. The van der Waals surface area contributed by atoms with E-state index in [1.807, 2.05) is 5.32 Å². The second kappa shape index (κ2) is 7.06. The highest BCUT2D eigenvalue weighted by Gasteiger charge is 2.31. The Hall–Kier alpha value is -3.83. The number of alkyl halides is 3. The maximum absolute atomic E-state index is 12.2. The van der Waals surface area contributed by atoms with Crippen LogP contribution in [-0.2, 0) is 4.79 Å². The van der Waals surface area contributed by atoms with E-state index in [0.717, 1.165) is 18.3 Å². The quantitative estimate of drug-likeness (QED) is 0.597. The Labute approximate surface area is 153 Å². The Morgan fingerprint density at radius 1 is 1.21 bits per heavy atom. The fourth-order valence-corrected chi connectivity index (χ4v) is 2.34. The van der Waals surface area contributed by atoms with E-state index in [0.29, 0.717) is 0 Å². The van der Waals surface area contributed by atoms with E-state index in [-0.39, 0.29) is 22.2 Å². The van der Waals surface area contributed by atoms with Crippen molar-refractivity contribution in [2.24, 2.45) is 0 Å². The number of halogens is 3. The van der Waals surface area contributed by atoms with Crippen molar-refractivity contribution in [2.75, 3.05) is 6.54 Å². The molecular formula is C16H10F3N3O6. The van der Waals surface area contributed by atoms with E-state index in [9.17, 15) is 27.9 Å². The molecule has 2 heterocycles. The molecule has 2 aromatic heterocycles. The third kappa shape index (κ3) is 3.95. The number of carboxylic acids is 1. The molecular weight excluding hydrogens is 387 g/mol. The highest BCUT2D eigenvalue weighted by atomic mass is 19.4. The molecule has 0 saturated heterocycles. The first-order chi connectivity index (χ1) is 13.2. The number of hydrogen-bond acceptors (Lipinski definition) is 7. The Morgan fingerprint density at radius 3 is 2.50 bits per heavy atom. The molecule has 0 saturated carbocycles. The molecule has 0 atom stereocenters. The van der Waals surface area contributed by atoms with Crippen LogP contribution in [0.2, 0.25) is 0 Å². The fraction of sp³-hybridized carbons (Fsp3) is 0.125. The van der Waals surface area contributed by atoms with Gasteiger partial charge >= 0.3 is 12.3 Å². The second-order valence-electron chi connectivity index (χ2n) is 5.37. The highest BCUT2D eigenvalue weighted by molar-refractivity contribution is 6.05. The molecule has 146 valence electrons. The standard InChI is InChI=1S/C16H10F3N3O6/c17-16(18,19)27-8-3-1-7(2-4-8)12-11-9(28-22-12)5-20-13(14(11)25)15(26)21-6-10(23)24/h1-5,25H,6H2,(H,21,26)(H,23,24). The molecule has 0 aliphatic rings. The topological polar surface area (TPSA) is 135 Å². The summed E-state index contributed by atoms with van der Waals surface area (Å²) in [4.78, 5) is 26.2. The second-order valence-corrected chi connectivity index (χ2v) is 5.37. The molecule has 3 aromatic rings. The molecule has 3 rings (SSSR count). The zero-order chi connectivity index (χ0) is 20.5. The molecule has 3 N–H and O–H groups in total. The van der Waals surface area contributed by atoms with Crippen LogP contribution in [0.5, 0.6) is 11.5 Å². The zero-order valence-electron chi connectivity index (χ0n) is 13.6. The molecule has 1 amide bonds. The van der Waals surface area contributed by atoms with Crippen molar-refractivity contribution in [2.45, 2.75) is 6.36 Å². The van der Waals surface area contributed by atoms with Crippen LogP contribution in [0.25, 0.3) is 22.2 Å². The summed E-state index contributed by atoms with van der Waals surface area (Å²) < 4.78 is 45.5. The van der Waals surface area contributed by atoms with Gasteiger partial charge in [-0.1, -0.05) is 5.16 Å². The Kier molecular flexibility index (Phi) is 4.78. The number of carbonyl (C=O) groups is 2. The first-order valence-electron chi connectivity index (χ1n) is 7.49. The number of nitrogens with zero attached hydrogens (tertiary/aromatic N) is 2. The average Bonchev–Trinajstić information content (AvgIpc) is 3.04. The van der Waals surface area contributed by atoms with Gasteiger partial charge in [0.2, 0.25) is 0 Å². The van der Waals surface area contributed by atoms with Gasteiger partial charge < -0.3 is 24.8 Å². The number of aliphatic carboxylic acids is 1. The maximum atomic E-state index is 12.2. The van der Waals surface area contributed by atoms with Gasteiger partial charge in [-0.15, -0.1) is 13.2 Å². The summed E-state index contributed by atoms with van der Waals surface area (Å²) in [6, 6.07) is 4.59. The number of amides is 1. The minimum absolute atomic E-state index is 0.0119. The van der Waals surface area contributed by atoms with Gasteiger partial charge in [-0.05, 0) is 24.3 Å². The summed E-state index contributed by atoms with van der Waals surface area (Å²) in [6.45, 7) is -0.685. The fourth-order valence-electron chi connectivity index (χ4n) is 2.34. The number of nitrogens with one attached hydrogen (secondary N) is 1. The number of aromatic nitrogens is 2. The van der Waals surface area contributed by atoms with E-state index >= 15 is 0 Å². The highest BCUT2D eigenvalue weighted by Crippen LogP contribution is 2.36. The number of aromatic hydroxyl groups is 1. The van der Waals surface area contributed by atoms with E-state index in [1.54, 1.807) is 0 Å². The molecule has 0 unspecified atom stereocenters. The smallest absolute Gasteiger partial charge is 0.505 e. The number of carboxylic acid groups (broad SMARTS) is 1. The number of fused-ring (bicyclic) bond motifs is 1. The monoisotopic (exact) mass is 397 g/mol. The average molecular weight is 397 g/mol. The number of pyridine rings is 1. The van der Waals surface area contributed by atoms with Crippen LogP contribution in [0.15, 0.2) is 35.0 Å². The van der Waals surface area contributed by atoms with Crippen LogP contribution in [0, 0.1) is 0 Å². The predicted molar refractivity (Wildman–Crippen MR) is 85.6 cm³/mol. The normalized spacial score (nSPS) is 11.4. The van der Waals surface area contributed by atoms with E-state index in [1.165, 1.54) is 12.1 Å². The van der Waals surface area contributed by atoms with Gasteiger partial charge in [0.1, 0.15) is 18.0 Å². The zero-order valence-corrected chi connectivity index (χ0v) is 13.6. The number of rotatable bonds is 5. The van der Waals surface area contributed by atoms with Crippen LogP contribution in [-0.4, -0.2) is 45.1 Å². The van der Waals surface area contributed by atoms with Gasteiger partial charge in [-0.3, -0.25) is 9.59 Å². The van der Waals surface area contributed by atoms with E-state index in [4.69, 9.17) is 9.63 Å². The maximum Gasteiger partial charge on any atom is 0.573 e. The van der Waals surface area contributed by atoms with Crippen LogP contribution >= 0.6 is 0 Å². The number of hydrogen-bond donors (Lipinski definition) is 3. The van der Waals surface area contributed by atoms with Crippen molar-refractivity contribution in [3.05, 3.63) is 36.2 Å². The van der Waals surface area contributed by atoms with Gasteiger partial charge in [0.05, 0.1) is 11.6 Å². The first-order valence-corrected chi connectivity index (χ1v) is 7.49. The van der Waals surface area contributed by atoms with Gasteiger partial charge in [-0.2, -0.15) is 0 Å². The lowest BCUT2D eigenvalue weighted by atomic mass is 10.1. The minimum atomic E-state index is -4.84. The Bertz CT molecular complexity index is 1050. The summed E-state index contributed by atoms with van der Waals surface area (Å²) >= 11 is 0. The van der Waals surface area contributed by atoms with Crippen LogP contribution in [0.1, 0.15) is 10.5 Å². The largest absolute Gasteiger partial charge is 0.573 e. The van der Waals surface area contributed by atoms with Crippen molar-refractivity contribution in [1.29, 1.82) is 0 Å². The van der Waals surface area contributed by atoms with Crippen molar-refractivity contribution in [3.8, 4) is 22.8 Å². The first kappa shape index (κ1) is 18.9. The summed E-state index contributed by atoms with van der Waals surface area (Å²) in [7, 11) is 0. The molecule has 12 heteroatoms. The van der Waals surface area contributed by atoms with E-state index < -0.39 is 42.0 Å².